The Hall–Kier alpha value is -1.40. The molecule has 0 amide bonds. The lowest BCUT2D eigenvalue weighted by Crippen LogP contribution is -2.18. The van der Waals surface area contributed by atoms with E-state index in [0.29, 0.717) is 6.42 Å². The molecular weight excluding hydrogens is 274 g/mol. The van der Waals surface area contributed by atoms with Crippen molar-refractivity contribution in [1.29, 1.82) is 0 Å². The van der Waals surface area contributed by atoms with Crippen molar-refractivity contribution in [3.05, 3.63) is 36.2 Å². The van der Waals surface area contributed by atoms with Crippen LogP contribution in [0.2, 0.25) is 0 Å². The van der Waals surface area contributed by atoms with Crippen LogP contribution in [0.3, 0.4) is 0 Å². The molecule has 2 rings (SSSR count). The minimum Gasteiger partial charge on any atom is -0.313 e. The summed E-state index contributed by atoms with van der Waals surface area (Å²) in [5.41, 5.74) is 2.17. The molecule has 0 aliphatic rings. The molecule has 1 unspecified atom stereocenters. The molecule has 0 aliphatic heterocycles. The smallest absolute Gasteiger partial charge is 0.150 e. The van der Waals surface area contributed by atoms with Crippen LogP contribution in [0, 0.1) is 0 Å². The minimum absolute atomic E-state index is 0.127. The SMILES string of the molecule is CCS(=O)(=O)CCCC(NC)c1cnn2ccccc12. The number of fused-ring (bicyclic) bond motifs is 1. The number of nitrogens with one attached hydrogen (secondary N) is 1. The highest BCUT2D eigenvalue weighted by atomic mass is 32.2. The van der Waals surface area contributed by atoms with Crippen LogP contribution in [0.4, 0.5) is 0 Å². The Balaban J connectivity index is 2.09. The van der Waals surface area contributed by atoms with Crippen molar-refractivity contribution in [3.63, 3.8) is 0 Å². The Morgan fingerprint density at radius 2 is 2.20 bits per heavy atom. The second-order valence-electron chi connectivity index (χ2n) is 4.85. The van der Waals surface area contributed by atoms with Crippen molar-refractivity contribution < 1.29 is 8.42 Å². The normalized spacial score (nSPS) is 13.7. The van der Waals surface area contributed by atoms with E-state index in [2.05, 4.69) is 10.4 Å². The van der Waals surface area contributed by atoms with E-state index in [1.807, 2.05) is 42.2 Å². The standard InChI is InChI=1S/C14H21N3O2S/c1-3-20(18,19)10-6-7-13(15-2)12-11-16-17-9-5-4-8-14(12)17/h4-5,8-9,11,13,15H,3,6-7,10H2,1-2H3. The van der Waals surface area contributed by atoms with Crippen LogP contribution in [0.5, 0.6) is 0 Å². The summed E-state index contributed by atoms with van der Waals surface area (Å²) in [6.45, 7) is 1.69. The molecule has 6 heteroatoms. The molecule has 0 saturated carbocycles. The Kier molecular flexibility index (Phi) is 4.77. The molecule has 110 valence electrons. The second kappa shape index (κ2) is 6.37. The first-order valence-corrected chi connectivity index (χ1v) is 8.69. The molecule has 20 heavy (non-hydrogen) atoms. The van der Waals surface area contributed by atoms with E-state index in [1.54, 1.807) is 6.92 Å². The van der Waals surface area contributed by atoms with Gasteiger partial charge in [0.2, 0.25) is 0 Å². The Morgan fingerprint density at radius 1 is 1.40 bits per heavy atom. The molecule has 0 aromatic carbocycles. The second-order valence-corrected chi connectivity index (χ2v) is 7.32. The quantitative estimate of drug-likeness (QED) is 0.846. The highest BCUT2D eigenvalue weighted by Gasteiger charge is 2.16. The maximum atomic E-state index is 11.5. The molecule has 2 heterocycles. The van der Waals surface area contributed by atoms with Crippen molar-refractivity contribution in [2.75, 3.05) is 18.6 Å². The van der Waals surface area contributed by atoms with E-state index in [0.717, 1.165) is 17.5 Å². The Bertz CT molecular complexity index is 664. The van der Waals surface area contributed by atoms with E-state index in [-0.39, 0.29) is 17.5 Å². The largest absolute Gasteiger partial charge is 0.313 e. The van der Waals surface area contributed by atoms with Gasteiger partial charge in [0.15, 0.2) is 0 Å². The summed E-state index contributed by atoms with van der Waals surface area (Å²) >= 11 is 0. The number of pyridine rings is 1. The monoisotopic (exact) mass is 295 g/mol. The van der Waals surface area contributed by atoms with Gasteiger partial charge in [-0.2, -0.15) is 5.10 Å². The summed E-state index contributed by atoms with van der Waals surface area (Å²) in [6.07, 6.45) is 5.20. The van der Waals surface area contributed by atoms with Crippen LogP contribution >= 0.6 is 0 Å². The van der Waals surface area contributed by atoms with Crippen LogP contribution in [0.15, 0.2) is 30.6 Å². The molecule has 1 atom stereocenters. The third-order valence-corrected chi connectivity index (χ3v) is 5.36. The zero-order valence-corrected chi connectivity index (χ0v) is 12.7. The molecule has 0 aliphatic carbocycles. The highest BCUT2D eigenvalue weighted by Crippen LogP contribution is 2.23. The molecule has 0 bridgehead atoms. The number of hydrogen-bond donors (Lipinski definition) is 1. The van der Waals surface area contributed by atoms with Gasteiger partial charge in [0.25, 0.3) is 0 Å². The van der Waals surface area contributed by atoms with Gasteiger partial charge in [0.05, 0.1) is 17.5 Å². The maximum absolute atomic E-state index is 11.5. The van der Waals surface area contributed by atoms with E-state index in [9.17, 15) is 8.42 Å². The topological polar surface area (TPSA) is 63.5 Å². The number of hydrogen-bond acceptors (Lipinski definition) is 4. The van der Waals surface area contributed by atoms with Gasteiger partial charge < -0.3 is 5.32 Å². The van der Waals surface area contributed by atoms with Crippen LogP contribution in [0.25, 0.3) is 5.52 Å². The lowest BCUT2D eigenvalue weighted by Gasteiger charge is -2.15. The summed E-state index contributed by atoms with van der Waals surface area (Å²) < 4.78 is 24.9. The zero-order chi connectivity index (χ0) is 14.6. The van der Waals surface area contributed by atoms with Crippen LogP contribution in [-0.4, -0.2) is 36.6 Å². The van der Waals surface area contributed by atoms with Crippen LogP contribution in [-0.2, 0) is 9.84 Å². The molecule has 5 nitrogen and oxygen atoms in total. The molecular formula is C14H21N3O2S. The third-order valence-electron chi connectivity index (χ3n) is 3.57. The summed E-state index contributed by atoms with van der Waals surface area (Å²) in [7, 11) is -0.989. The predicted octanol–water partition coefficient (Wildman–Crippen LogP) is 1.81. The molecule has 2 aromatic heterocycles. The van der Waals surface area contributed by atoms with Gasteiger partial charge in [0.1, 0.15) is 9.84 Å². The van der Waals surface area contributed by atoms with Crippen molar-refractivity contribution >= 4 is 15.4 Å². The van der Waals surface area contributed by atoms with Gasteiger partial charge in [-0.1, -0.05) is 13.0 Å². The summed E-state index contributed by atoms with van der Waals surface area (Å²) in [4.78, 5) is 0. The Morgan fingerprint density at radius 3 is 2.90 bits per heavy atom. The first-order chi connectivity index (χ1) is 9.57. The van der Waals surface area contributed by atoms with Crippen molar-refractivity contribution in [1.82, 2.24) is 14.9 Å². The predicted molar refractivity (Wildman–Crippen MR) is 80.6 cm³/mol. The van der Waals surface area contributed by atoms with Gasteiger partial charge >= 0.3 is 0 Å². The van der Waals surface area contributed by atoms with Crippen LogP contribution in [0.1, 0.15) is 31.4 Å². The van der Waals surface area contributed by atoms with Crippen molar-refractivity contribution in [3.8, 4) is 0 Å². The molecule has 0 spiro atoms. The van der Waals surface area contributed by atoms with E-state index in [4.69, 9.17) is 0 Å². The summed E-state index contributed by atoms with van der Waals surface area (Å²) in [5.74, 6) is 0.467. The lowest BCUT2D eigenvalue weighted by atomic mass is 10.0. The molecule has 0 fully saturated rings. The number of nitrogens with zero attached hydrogens (tertiary/aromatic N) is 2. The minimum atomic E-state index is -2.88. The number of rotatable bonds is 7. The van der Waals surface area contributed by atoms with E-state index in [1.165, 1.54) is 0 Å². The third kappa shape index (κ3) is 3.37. The fourth-order valence-electron chi connectivity index (χ4n) is 2.33. The van der Waals surface area contributed by atoms with Crippen molar-refractivity contribution in [2.24, 2.45) is 0 Å². The van der Waals surface area contributed by atoms with Gasteiger partial charge in [-0.05, 0) is 32.0 Å². The molecule has 2 aromatic rings. The molecule has 1 N–H and O–H groups in total. The van der Waals surface area contributed by atoms with Gasteiger partial charge in [-0.15, -0.1) is 0 Å². The first-order valence-electron chi connectivity index (χ1n) is 6.87. The summed E-state index contributed by atoms with van der Waals surface area (Å²) in [6, 6.07) is 6.07. The van der Waals surface area contributed by atoms with Gasteiger partial charge in [-0.3, -0.25) is 0 Å². The average Bonchev–Trinajstić information content (AvgIpc) is 2.87. The first kappa shape index (κ1) is 15.0. The number of sulfone groups is 1. The molecule has 0 radical (unpaired) electrons. The zero-order valence-electron chi connectivity index (χ0n) is 11.9. The maximum Gasteiger partial charge on any atom is 0.150 e. The van der Waals surface area contributed by atoms with Gasteiger partial charge in [-0.25, -0.2) is 12.9 Å². The van der Waals surface area contributed by atoms with E-state index < -0.39 is 9.84 Å². The Labute approximate surface area is 119 Å². The van der Waals surface area contributed by atoms with E-state index >= 15 is 0 Å². The highest BCUT2D eigenvalue weighted by molar-refractivity contribution is 7.91. The average molecular weight is 295 g/mol. The van der Waals surface area contributed by atoms with Crippen LogP contribution < -0.4 is 5.32 Å². The summed E-state index contributed by atoms with van der Waals surface area (Å²) in [5, 5.41) is 7.57. The fourth-order valence-corrected chi connectivity index (χ4v) is 3.23. The fraction of sp³-hybridized carbons (Fsp3) is 0.500. The molecule has 0 saturated heterocycles. The number of aromatic nitrogens is 2. The van der Waals surface area contributed by atoms with Crippen molar-refractivity contribution in [2.45, 2.75) is 25.8 Å². The lowest BCUT2D eigenvalue weighted by molar-refractivity contribution is 0.538. The van der Waals surface area contributed by atoms with Gasteiger partial charge in [0, 0.05) is 23.6 Å².